The van der Waals surface area contributed by atoms with E-state index in [1.807, 2.05) is 0 Å². The van der Waals surface area contributed by atoms with Gasteiger partial charge >= 0.3 is 0 Å². The summed E-state index contributed by atoms with van der Waals surface area (Å²) in [5.41, 5.74) is 9.92. The van der Waals surface area contributed by atoms with Gasteiger partial charge in [-0.3, -0.25) is 0 Å². The molecule has 9 aromatic carbocycles. The van der Waals surface area contributed by atoms with E-state index >= 15 is 0 Å². The second-order valence-electron chi connectivity index (χ2n) is 12.9. The van der Waals surface area contributed by atoms with E-state index < -0.39 is 0 Å². The number of hydrogen-bond donors (Lipinski definition) is 0. The fourth-order valence-electron chi connectivity index (χ4n) is 7.61. The van der Waals surface area contributed by atoms with Crippen molar-refractivity contribution in [2.75, 3.05) is 4.90 Å². The minimum Gasteiger partial charge on any atom is -0.455 e. The highest BCUT2D eigenvalue weighted by molar-refractivity contribution is 6.19. The van der Waals surface area contributed by atoms with Crippen molar-refractivity contribution >= 4 is 71.3 Å². The standard InChI is InChI=1S/C48H31NO/c1-2-12-37-31-40(29-19-32(37)9-1)49(38-25-20-35(21-26-38)42-16-7-13-33-10-3-5-14-41(33)42)39-27-22-36(23-28-39)43-17-8-18-46-47(43)45-30-24-34-11-4-6-15-44(34)48(45)50-46/h1-31H. The average molecular weight is 638 g/mol. The topological polar surface area (TPSA) is 16.4 Å². The molecule has 1 aromatic heterocycles. The van der Waals surface area contributed by atoms with Crippen molar-refractivity contribution in [2.24, 2.45) is 0 Å². The fraction of sp³-hybridized carbons (Fsp3) is 0. The lowest BCUT2D eigenvalue weighted by Gasteiger charge is -2.26. The Kier molecular flexibility index (Phi) is 6.53. The van der Waals surface area contributed by atoms with E-state index in [-0.39, 0.29) is 0 Å². The smallest absolute Gasteiger partial charge is 0.143 e. The first-order chi connectivity index (χ1) is 24.8. The molecular weight excluding hydrogens is 607 g/mol. The molecule has 0 spiro atoms. The Balaban J connectivity index is 1.09. The van der Waals surface area contributed by atoms with Crippen molar-refractivity contribution < 1.29 is 4.42 Å². The molecule has 0 fully saturated rings. The lowest BCUT2D eigenvalue weighted by Crippen LogP contribution is -2.09. The maximum absolute atomic E-state index is 6.50. The molecule has 0 unspecified atom stereocenters. The molecule has 0 radical (unpaired) electrons. The summed E-state index contributed by atoms with van der Waals surface area (Å²) < 4.78 is 6.50. The van der Waals surface area contributed by atoms with Crippen molar-refractivity contribution in [1.82, 2.24) is 0 Å². The lowest BCUT2D eigenvalue weighted by molar-refractivity contribution is 0.673. The first-order valence-electron chi connectivity index (χ1n) is 17.1. The van der Waals surface area contributed by atoms with Crippen LogP contribution in [0.1, 0.15) is 0 Å². The third kappa shape index (κ3) is 4.65. The van der Waals surface area contributed by atoms with Crippen molar-refractivity contribution in [3.63, 3.8) is 0 Å². The highest BCUT2D eigenvalue weighted by atomic mass is 16.3. The number of benzene rings is 9. The molecule has 2 heteroatoms. The second-order valence-corrected chi connectivity index (χ2v) is 12.9. The minimum atomic E-state index is 0.905. The zero-order valence-electron chi connectivity index (χ0n) is 27.3. The Bertz CT molecular complexity index is 2860. The van der Waals surface area contributed by atoms with E-state index in [4.69, 9.17) is 4.42 Å². The monoisotopic (exact) mass is 637 g/mol. The van der Waals surface area contributed by atoms with Crippen LogP contribution in [0.3, 0.4) is 0 Å². The van der Waals surface area contributed by atoms with Crippen molar-refractivity contribution in [3.05, 3.63) is 188 Å². The van der Waals surface area contributed by atoms with Crippen LogP contribution >= 0.6 is 0 Å². The fourth-order valence-corrected chi connectivity index (χ4v) is 7.61. The number of rotatable bonds is 5. The summed E-state index contributed by atoms with van der Waals surface area (Å²) >= 11 is 0. The van der Waals surface area contributed by atoms with Gasteiger partial charge in [0, 0.05) is 33.2 Å². The molecule has 0 bridgehead atoms. The number of furan rings is 1. The number of nitrogens with zero attached hydrogens (tertiary/aromatic N) is 1. The molecule has 50 heavy (non-hydrogen) atoms. The van der Waals surface area contributed by atoms with Gasteiger partial charge in [0.2, 0.25) is 0 Å². The van der Waals surface area contributed by atoms with Crippen LogP contribution in [0.15, 0.2) is 192 Å². The van der Waals surface area contributed by atoms with Crippen LogP contribution in [-0.4, -0.2) is 0 Å². The summed E-state index contributed by atoms with van der Waals surface area (Å²) in [5.74, 6) is 0. The van der Waals surface area contributed by atoms with E-state index in [2.05, 4.69) is 193 Å². The number of hydrogen-bond acceptors (Lipinski definition) is 2. The highest BCUT2D eigenvalue weighted by Gasteiger charge is 2.17. The van der Waals surface area contributed by atoms with Crippen LogP contribution in [-0.2, 0) is 0 Å². The number of fused-ring (bicyclic) bond motifs is 7. The molecule has 0 N–H and O–H groups in total. The maximum atomic E-state index is 6.50. The molecule has 0 aliphatic rings. The van der Waals surface area contributed by atoms with Gasteiger partial charge in [-0.2, -0.15) is 0 Å². The zero-order chi connectivity index (χ0) is 33.0. The predicted molar refractivity (Wildman–Crippen MR) is 212 cm³/mol. The van der Waals surface area contributed by atoms with Gasteiger partial charge in [-0.25, -0.2) is 0 Å². The first kappa shape index (κ1) is 28.4. The van der Waals surface area contributed by atoms with Gasteiger partial charge in [0.15, 0.2) is 0 Å². The van der Waals surface area contributed by atoms with Crippen LogP contribution in [0.5, 0.6) is 0 Å². The highest BCUT2D eigenvalue weighted by Crippen LogP contribution is 2.42. The Morgan fingerprint density at radius 3 is 1.64 bits per heavy atom. The average Bonchev–Trinajstić information content (AvgIpc) is 3.58. The minimum absolute atomic E-state index is 0.905. The van der Waals surface area contributed by atoms with Gasteiger partial charge in [0.05, 0.1) is 0 Å². The van der Waals surface area contributed by atoms with Gasteiger partial charge in [-0.15, -0.1) is 0 Å². The molecular formula is C48H31NO. The normalized spacial score (nSPS) is 11.6. The summed E-state index contributed by atoms with van der Waals surface area (Å²) in [6, 6.07) is 67.5. The Hall–Kier alpha value is -6.64. The van der Waals surface area contributed by atoms with Crippen LogP contribution in [0.25, 0.3) is 76.5 Å². The molecule has 0 aliphatic heterocycles. The van der Waals surface area contributed by atoms with Gasteiger partial charge < -0.3 is 9.32 Å². The van der Waals surface area contributed by atoms with Crippen LogP contribution < -0.4 is 4.90 Å². The van der Waals surface area contributed by atoms with E-state index in [9.17, 15) is 0 Å². The summed E-state index contributed by atoms with van der Waals surface area (Å²) in [6.07, 6.45) is 0. The first-order valence-corrected chi connectivity index (χ1v) is 17.1. The van der Waals surface area contributed by atoms with Gasteiger partial charge in [-0.05, 0) is 97.7 Å². The molecule has 1 heterocycles. The largest absolute Gasteiger partial charge is 0.455 e. The lowest BCUT2D eigenvalue weighted by atomic mass is 9.97. The van der Waals surface area contributed by atoms with E-state index in [1.54, 1.807) is 0 Å². The van der Waals surface area contributed by atoms with Crippen molar-refractivity contribution in [1.29, 1.82) is 0 Å². The van der Waals surface area contributed by atoms with Gasteiger partial charge in [0.25, 0.3) is 0 Å². The summed E-state index contributed by atoms with van der Waals surface area (Å²) in [4.78, 5) is 2.35. The maximum Gasteiger partial charge on any atom is 0.143 e. The quantitative estimate of drug-likeness (QED) is 0.187. The van der Waals surface area contributed by atoms with Gasteiger partial charge in [0.1, 0.15) is 11.2 Å². The third-order valence-electron chi connectivity index (χ3n) is 10.0. The van der Waals surface area contributed by atoms with Crippen LogP contribution in [0.4, 0.5) is 17.1 Å². The zero-order valence-corrected chi connectivity index (χ0v) is 27.3. The van der Waals surface area contributed by atoms with Crippen molar-refractivity contribution in [3.8, 4) is 22.3 Å². The molecule has 0 saturated heterocycles. The summed E-state index contributed by atoms with van der Waals surface area (Å²) in [7, 11) is 0. The molecule has 2 nitrogen and oxygen atoms in total. The molecule has 0 saturated carbocycles. The van der Waals surface area contributed by atoms with E-state index in [1.165, 1.54) is 43.6 Å². The van der Waals surface area contributed by atoms with Gasteiger partial charge in [-0.1, -0.05) is 140 Å². The van der Waals surface area contributed by atoms with E-state index in [0.29, 0.717) is 0 Å². The van der Waals surface area contributed by atoms with E-state index in [0.717, 1.165) is 50.0 Å². The Labute approximate surface area is 290 Å². The molecule has 10 aromatic rings. The predicted octanol–water partition coefficient (Wildman–Crippen LogP) is 13.8. The summed E-state index contributed by atoms with van der Waals surface area (Å²) in [5, 5.41) is 9.57. The number of anilines is 3. The SMILES string of the molecule is c1ccc2cc(N(c3ccc(-c4cccc5ccccc45)cc3)c3ccc(-c4cccc5oc6c7ccccc7ccc6c45)cc3)ccc2c1. The molecule has 10 rings (SSSR count). The Morgan fingerprint density at radius 1 is 0.340 bits per heavy atom. The second kappa shape index (κ2) is 11.5. The Morgan fingerprint density at radius 2 is 0.880 bits per heavy atom. The molecule has 234 valence electrons. The molecule has 0 aliphatic carbocycles. The van der Waals surface area contributed by atoms with Crippen LogP contribution in [0.2, 0.25) is 0 Å². The molecule has 0 amide bonds. The third-order valence-corrected chi connectivity index (χ3v) is 10.0. The van der Waals surface area contributed by atoms with Crippen LogP contribution in [0, 0.1) is 0 Å². The molecule has 0 atom stereocenters. The summed E-state index contributed by atoms with van der Waals surface area (Å²) in [6.45, 7) is 0. The van der Waals surface area contributed by atoms with Crippen molar-refractivity contribution in [2.45, 2.75) is 0 Å².